The third-order valence-electron chi connectivity index (χ3n) is 3.01. The van der Waals surface area contributed by atoms with Crippen molar-refractivity contribution in [3.8, 4) is 0 Å². The maximum atomic E-state index is 12.5. The molecule has 1 aromatic carbocycles. The van der Waals surface area contributed by atoms with Crippen molar-refractivity contribution in [2.75, 3.05) is 24.6 Å². The highest BCUT2D eigenvalue weighted by molar-refractivity contribution is 9.10. The monoisotopic (exact) mass is 415 g/mol. The molecule has 1 fully saturated rings. The van der Waals surface area contributed by atoms with E-state index in [-0.39, 0.29) is 44.5 Å². The van der Waals surface area contributed by atoms with Gasteiger partial charge in [0.15, 0.2) is 0 Å². The van der Waals surface area contributed by atoms with Crippen molar-refractivity contribution in [3.63, 3.8) is 0 Å². The minimum atomic E-state index is -3.83. The Balaban J connectivity index is 2.45. The second kappa shape index (κ2) is 6.33. The maximum absolute atomic E-state index is 12.5. The van der Waals surface area contributed by atoms with Crippen LogP contribution >= 0.6 is 27.5 Å². The van der Waals surface area contributed by atoms with Crippen molar-refractivity contribution in [1.29, 1.82) is 0 Å². The van der Waals surface area contributed by atoms with E-state index in [4.69, 9.17) is 16.7 Å². The second-order valence-corrected chi connectivity index (χ2v) is 9.19. The van der Waals surface area contributed by atoms with E-state index in [2.05, 4.69) is 15.9 Å². The third kappa shape index (κ3) is 3.48. The van der Waals surface area contributed by atoms with Crippen molar-refractivity contribution >= 4 is 54.3 Å². The van der Waals surface area contributed by atoms with Crippen LogP contribution in [0.1, 0.15) is 10.4 Å². The van der Waals surface area contributed by atoms with Crippen LogP contribution in [0.15, 0.2) is 21.5 Å². The van der Waals surface area contributed by atoms with Crippen LogP contribution in [0.3, 0.4) is 0 Å². The molecule has 0 aliphatic carbocycles. The Morgan fingerprint density at radius 3 is 2.43 bits per heavy atom. The third-order valence-corrected chi connectivity index (χ3v) is 7.42. The molecule has 0 amide bonds. The SMILES string of the molecule is O=C(O)c1cc(S(=O)(=O)N2CCS(=O)CC2)cc(Br)c1Cl. The molecule has 0 spiro atoms. The first-order chi connectivity index (χ1) is 9.73. The Morgan fingerprint density at radius 1 is 1.33 bits per heavy atom. The molecule has 1 aliphatic rings. The topological polar surface area (TPSA) is 91.8 Å². The fraction of sp³-hybridized carbons (Fsp3) is 0.364. The van der Waals surface area contributed by atoms with E-state index in [1.165, 1.54) is 10.4 Å². The number of hydrogen-bond acceptors (Lipinski definition) is 4. The van der Waals surface area contributed by atoms with Crippen LogP contribution < -0.4 is 0 Å². The largest absolute Gasteiger partial charge is 0.478 e. The number of carboxylic acids is 1. The average molecular weight is 417 g/mol. The number of hydrogen-bond donors (Lipinski definition) is 1. The molecule has 116 valence electrons. The molecule has 6 nitrogen and oxygen atoms in total. The summed E-state index contributed by atoms with van der Waals surface area (Å²) in [5, 5.41) is 9.02. The number of sulfonamides is 1. The van der Waals surface area contributed by atoms with Gasteiger partial charge in [-0.25, -0.2) is 13.2 Å². The molecule has 0 unspecified atom stereocenters. The molecule has 10 heteroatoms. The molecule has 1 aliphatic heterocycles. The highest BCUT2D eigenvalue weighted by Gasteiger charge is 2.29. The summed E-state index contributed by atoms with van der Waals surface area (Å²) in [6.45, 7) is 0.301. The Morgan fingerprint density at radius 2 is 1.90 bits per heavy atom. The van der Waals surface area contributed by atoms with E-state index >= 15 is 0 Å². The van der Waals surface area contributed by atoms with Gasteiger partial charge in [-0.1, -0.05) is 11.6 Å². The molecule has 1 saturated heterocycles. The van der Waals surface area contributed by atoms with Gasteiger partial charge in [-0.3, -0.25) is 4.21 Å². The van der Waals surface area contributed by atoms with Crippen LogP contribution in [0.5, 0.6) is 0 Å². The second-order valence-electron chi connectivity index (χ2n) is 4.32. The van der Waals surface area contributed by atoms with Gasteiger partial charge in [0.05, 0.1) is 15.5 Å². The van der Waals surface area contributed by atoms with E-state index in [0.29, 0.717) is 0 Å². The Bertz CT molecular complexity index is 712. The van der Waals surface area contributed by atoms with Gasteiger partial charge in [0.1, 0.15) is 0 Å². The van der Waals surface area contributed by atoms with Crippen LogP contribution in [0.4, 0.5) is 0 Å². The summed E-state index contributed by atoms with van der Waals surface area (Å²) >= 11 is 8.90. The summed E-state index contributed by atoms with van der Waals surface area (Å²) < 4.78 is 37.7. The van der Waals surface area contributed by atoms with Crippen molar-refractivity contribution in [1.82, 2.24) is 4.31 Å². The lowest BCUT2D eigenvalue weighted by Crippen LogP contribution is -2.41. The predicted molar refractivity (Wildman–Crippen MR) is 82.7 cm³/mol. The highest BCUT2D eigenvalue weighted by atomic mass is 79.9. The lowest BCUT2D eigenvalue weighted by molar-refractivity contribution is 0.0696. The first kappa shape index (κ1) is 16.9. The molecule has 0 saturated carbocycles. The van der Waals surface area contributed by atoms with Gasteiger partial charge in [0.2, 0.25) is 10.0 Å². The minimum Gasteiger partial charge on any atom is -0.478 e. The summed E-state index contributed by atoms with van der Waals surface area (Å²) in [5.41, 5.74) is -0.287. The van der Waals surface area contributed by atoms with Gasteiger partial charge in [-0.2, -0.15) is 4.31 Å². The zero-order valence-corrected chi connectivity index (χ0v) is 14.6. The number of rotatable bonds is 3. The Hall–Kier alpha value is -0.480. The van der Waals surface area contributed by atoms with E-state index in [1.54, 1.807) is 0 Å². The van der Waals surface area contributed by atoms with Crippen molar-refractivity contribution in [3.05, 3.63) is 27.2 Å². The number of halogens is 2. The van der Waals surface area contributed by atoms with Crippen LogP contribution in [-0.4, -0.2) is 52.6 Å². The average Bonchev–Trinajstić information content (AvgIpc) is 2.41. The van der Waals surface area contributed by atoms with Gasteiger partial charge in [-0.15, -0.1) is 0 Å². The van der Waals surface area contributed by atoms with Crippen LogP contribution in [0.25, 0.3) is 0 Å². The molecule has 21 heavy (non-hydrogen) atoms. The minimum absolute atomic E-state index is 0.0544. The highest BCUT2D eigenvalue weighted by Crippen LogP contribution is 2.31. The number of benzene rings is 1. The van der Waals surface area contributed by atoms with Crippen molar-refractivity contribution in [2.24, 2.45) is 0 Å². The Labute approximate surface area is 137 Å². The molecular weight excluding hydrogens is 406 g/mol. The molecular formula is C11H11BrClNO5S2. The molecule has 0 atom stereocenters. The van der Waals surface area contributed by atoms with Crippen LogP contribution in [0, 0.1) is 0 Å². The van der Waals surface area contributed by atoms with Crippen LogP contribution in [-0.2, 0) is 20.8 Å². The summed E-state index contributed by atoms with van der Waals surface area (Å²) in [4.78, 5) is 11.0. The van der Waals surface area contributed by atoms with E-state index < -0.39 is 26.8 Å². The summed E-state index contributed by atoms with van der Waals surface area (Å²) in [5.74, 6) is -0.753. The van der Waals surface area contributed by atoms with Crippen molar-refractivity contribution in [2.45, 2.75) is 4.90 Å². The molecule has 0 aromatic heterocycles. The standard InChI is InChI=1S/C11H11BrClNO5S2/c12-9-6-7(5-8(10(9)13)11(15)16)21(18,19)14-1-3-20(17)4-2-14/h5-6H,1-4H2,(H,15,16). The zero-order valence-electron chi connectivity index (χ0n) is 10.6. The fourth-order valence-corrected chi connectivity index (χ4v) is 5.46. The van der Waals surface area contributed by atoms with Gasteiger partial charge in [0, 0.05) is 39.9 Å². The lowest BCUT2D eigenvalue weighted by Gasteiger charge is -2.25. The lowest BCUT2D eigenvalue weighted by atomic mass is 10.2. The van der Waals surface area contributed by atoms with Crippen molar-refractivity contribution < 1.29 is 22.5 Å². The number of carboxylic acid groups (broad SMARTS) is 1. The van der Waals surface area contributed by atoms with Gasteiger partial charge in [-0.05, 0) is 28.1 Å². The summed E-state index contributed by atoms with van der Waals surface area (Å²) in [6.07, 6.45) is 0. The van der Waals surface area contributed by atoms with E-state index in [9.17, 15) is 17.4 Å². The number of carbonyl (C=O) groups is 1. The van der Waals surface area contributed by atoms with E-state index in [1.807, 2.05) is 0 Å². The first-order valence-corrected chi connectivity index (χ1v) is 9.91. The molecule has 0 bridgehead atoms. The quantitative estimate of drug-likeness (QED) is 0.807. The molecule has 1 heterocycles. The van der Waals surface area contributed by atoms with Gasteiger partial charge < -0.3 is 5.11 Å². The summed E-state index contributed by atoms with van der Waals surface area (Å²) in [7, 11) is -4.84. The predicted octanol–water partition coefficient (Wildman–Crippen LogP) is 1.55. The smallest absolute Gasteiger partial charge is 0.337 e. The molecule has 0 radical (unpaired) electrons. The van der Waals surface area contributed by atoms with E-state index in [0.717, 1.165) is 6.07 Å². The Kier molecular flexibility index (Phi) is 5.09. The zero-order chi connectivity index (χ0) is 15.8. The normalized spacial score (nSPS) is 17.8. The van der Waals surface area contributed by atoms with Gasteiger partial charge in [0.25, 0.3) is 0 Å². The fourth-order valence-electron chi connectivity index (χ4n) is 1.88. The number of aromatic carboxylic acids is 1. The number of nitrogens with zero attached hydrogens (tertiary/aromatic N) is 1. The van der Waals surface area contributed by atoms with Gasteiger partial charge >= 0.3 is 5.97 Å². The van der Waals surface area contributed by atoms with Crippen LogP contribution in [0.2, 0.25) is 5.02 Å². The summed E-state index contributed by atoms with van der Waals surface area (Å²) in [6, 6.07) is 2.31. The molecule has 2 rings (SSSR count). The molecule has 1 N–H and O–H groups in total. The first-order valence-electron chi connectivity index (χ1n) is 5.81. The molecule has 1 aromatic rings. The maximum Gasteiger partial charge on any atom is 0.337 e.